The molecule has 0 saturated carbocycles. The van der Waals surface area contributed by atoms with Crippen molar-refractivity contribution >= 4 is 34.8 Å². The topological polar surface area (TPSA) is 94.4 Å². The highest BCUT2D eigenvalue weighted by atomic mass is 32.2. The number of ether oxygens (including phenoxy) is 3. The van der Waals surface area contributed by atoms with Crippen LogP contribution in [0.3, 0.4) is 0 Å². The quantitative estimate of drug-likeness (QED) is 0.407. The van der Waals surface area contributed by atoms with Crippen LogP contribution in [0.2, 0.25) is 0 Å². The van der Waals surface area contributed by atoms with Gasteiger partial charge in [0.1, 0.15) is 23.0 Å². The molecule has 0 fully saturated rings. The van der Waals surface area contributed by atoms with Gasteiger partial charge in [0.2, 0.25) is 0 Å². The molecule has 176 valence electrons. The Morgan fingerprint density at radius 2 is 1.88 bits per heavy atom. The van der Waals surface area contributed by atoms with E-state index in [9.17, 15) is 14.7 Å². The number of aliphatic hydroxyl groups excluding tert-OH is 1. The van der Waals surface area contributed by atoms with Gasteiger partial charge in [-0.1, -0.05) is 48.2 Å². The summed E-state index contributed by atoms with van der Waals surface area (Å²) in [4.78, 5) is 29.7. The standard InChI is InChI=1S/C26H25NO6S/c1-5-13-33-19-12-9-17(14-20(19)31-4)15-21-23(28)22(26(30)32-6-2)25(34-21)27-24(29)18-10-7-16(3)8-11-18/h5,7-12,14-15,28H,1,6,13H2,2-4H3. The number of carbonyl (C=O) groups is 2. The number of aliphatic imine (C=N–C) groups is 1. The van der Waals surface area contributed by atoms with Gasteiger partial charge in [-0.05, 0) is 49.8 Å². The van der Waals surface area contributed by atoms with E-state index in [4.69, 9.17) is 14.2 Å². The van der Waals surface area contributed by atoms with Crippen LogP contribution in [0.25, 0.3) is 6.08 Å². The third-order valence-corrected chi connectivity index (χ3v) is 5.73. The first-order valence-corrected chi connectivity index (χ1v) is 11.3. The summed E-state index contributed by atoms with van der Waals surface area (Å²) in [7, 11) is 1.52. The lowest BCUT2D eigenvalue weighted by Crippen LogP contribution is -2.14. The molecule has 8 heteroatoms. The number of thioether (sulfide) groups is 1. The first-order valence-electron chi connectivity index (χ1n) is 10.5. The zero-order valence-electron chi connectivity index (χ0n) is 19.2. The van der Waals surface area contributed by atoms with Crippen molar-refractivity contribution in [2.24, 2.45) is 4.99 Å². The number of benzene rings is 2. The second-order valence-electron chi connectivity index (χ2n) is 7.15. The number of methoxy groups -OCH3 is 1. The summed E-state index contributed by atoms with van der Waals surface area (Å²) in [5.74, 6) is -0.538. The van der Waals surface area contributed by atoms with E-state index in [0.717, 1.165) is 17.3 Å². The van der Waals surface area contributed by atoms with E-state index in [1.54, 1.807) is 61.5 Å². The normalized spacial score (nSPS) is 15.5. The highest BCUT2D eigenvalue weighted by Gasteiger charge is 2.34. The van der Waals surface area contributed by atoms with Crippen LogP contribution in [0.1, 0.15) is 28.4 Å². The summed E-state index contributed by atoms with van der Waals surface area (Å²) in [6.45, 7) is 7.64. The van der Waals surface area contributed by atoms with Crippen LogP contribution < -0.4 is 9.47 Å². The third-order valence-electron chi connectivity index (χ3n) is 4.71. The van der Waals surface area contributed by atoms with Crippen LogP contribution in [0, 0.1) is 6.92 Å². The summed E-state index contributed by atoms with van der Waals surface area (Å²) in [6.07, 6.45) is 3.29. The minimum Gasteiger partial charge on any atom is -0.506 e. The smallest absolute Gasteiger partial charge is 0.344 e. The molecular weight excluding hydrogens is 454 g/mol. The van der Waals surface area contributed by atoms with Gasteiger partial charge in [0.15, 0.2) is 11.5 Å². The molecule has 1 aliphatic heterocycles. The fourth-order valence-electron chi connectivity index (χ4n) is 3.04. The van der Waals surface area contributed by atoms with Crippen LogP contribution in [-0.2, 0) is 9.53 Å². The van der Waals surface area contributed by atoms with E-state index in [0.29, 0.717) is 34.1 Å². The first kappa shape index (κ1) is 24.9. The number of hydrogen-bond acceptors (Lipinski definition) is 7. The van der Waals surface area contributed by atoms with Crippen LogP contribution in [0.15, 0.2) is 76.3 Å². The molecule has 1 heterocycles. The van der Waals surface area contributed by atoms with Crippen molar-refractivity contribution in [3.8, 4) is 11.5 Å². The van der Waals surface area contributed by atoms with Gasteiger partial charge in [-0.15, -0.1) is 0 Å². The maximum Gasteiger partial charge on any atom is 0.344 e. The molecule has 1 N–H and O–H groups in total. The Kier molecular flexibility index (Phi) is 8.32. The lowest BCUT2D eigenvalue weighted by atomic mass is 10.1. The van der Waals surface area contributed by atoms with Gasteiger partial charge in [0.25, 0.3) is 5.91 Å². The second kappa shape index (κ2) is 11.4. The van der Waals surface area contributed by atoms with Crippen molar-refractivity contribution in [1.29, 1.82) is 0 Å². The summed E-state index contributed by atoms with van der Waals surface area (Å²) in [5, 5.41) is 10.9. The van der Waals surface area contributed by atoms with E-state index in [1.165, 1.54) is 7.11 Å². The lowest BCUT2D eigenvalue weighted by molar-refractivity contribution is -0.138. The molecule has 2 aromatic carbocycles. The Morgan fingerprint density at radius 1 is 1.15 bits per heavy atom. The predicted molar refractivity (Wildman–Crippen MR) is 133 cm³/mol. The van der Waals surface area contributed by atoms with Crippen molar-refractivity contribution in [2.45, 2.75) is 13.8 Å². The van der Waals surface area contributed by atoms with E-state index in [2.05, 4.69) is 11.6 Å². The molecule has 2 aromatic rings. The van der Waals surface area contributed by atoms with E-state index in [1.807, 2.05) is 6.92 Å². The van der Waals surface area contributed by atoms with Gasteiger partial charge in [0.05, 0.1) is 18.6 Å². The van der Waals surface area contributed by atoms with Gasteiger partial charge < -0.3 is 19.3 Å². The van der Waals surface area contributed by atoms with E-state index in [-0.39, 0.29) is 23.0 Å². The molecule has 0 atom stereocenters. The zero-order chi connectivity index (χ0) is 24.7. The Morgan fingerprint density at radius 3 is 2.53 bits per heavy atom. The largest absolute Gasteiger partial charge is 0.506 e. The van der Waals surface area contributed by atoms with Crippen LogP contribution >= 0.6 is 11.8 Å². The Bertz CT molecular complexity index is 1190. The number of aliphatic hydroxyl groups is 1. The van der Waals surface area contributed by atoms with Gasteiger partial charge in [-0.3, -0.25) is 4.79 Å². The Labute approximate surface area is 202 Å². The van der Waals surface area contributed by atoms with Crippen LogP contribution in [-0.4, -0.2) is 42.4 Å². The molecule has 1 amide bonds. The van der Waals surface area contributed by atoms with Crippen LogP contribution in [0.5, 0.6) is 11.5 Å². The molecule has 0 spiro atoms. The summed E-state index contributed by atoms with van der Waals surface area (Å²) < 4.78 is 16.0. The van der Waals surface area contributed by atoms with E-state index >= 15 is 0 Å². The molecule has 0 saturated heterocycles. The lowest BCUT2D eigenvalue weighted by Gasteiger charge is -2.10. The van der Waals surface area contributed by atoms with E-state index < -0.39 is 11.9 Å². The average molecular weight is 480 g/mol. The number of nitrogens with zero attached hydrogens (tertiary/aromatic N) is 1. The molecule has 34 heavy (non-hydrogen) atoms. The Hall–Kier alpha value is -3.78. The summed E-state index contributed by atoms with van der Waals surface area (Å²) in [6, 6.07) is 12.2. The fourth-order valence-corrected chi connectivity index (χ4v) is 4.05. The maximum atomic E-state index is 12.7. The number of rotatable bonds is 8. The van der Waals surface area contributed by atoms with Crippen molar-refractivity contribution < 1.29 is 28.9 Å². The number of esters is 1. The van der Waals surface area contributed by atoms with Gasteiger partial charge >= 0.3 is 5.97 Å². The number of aryl methyl sites for hydroxylation is 1. The zero-order valence-corrected chi connectivity index (χ0v) is 20.0. The molecule has 0 aromatic heterocycles. The number of amides is 1. The molecule has 0 bridgehead atoms. The summed E-state index contributed by atoms with van der Waals surface area (Å²) in [5.41, 5.74) is 1.92. The highest BCUT2D eigenvalue weighted by molar-refractivity contribution is 8.18. The number of carbonyl (C=O) groups excluding carboxylic acids is 2. The molecule has 0 radical (unpaired) electrons. The third kappa shape index (κ3) is 5.77. The number of hydrogen-bond donors (Lipinski definition) is 1. The van der Waals surface area contributed by atoms with Crippen LogP contribution in [0.4, 0.5) is 0 Å². The molecule has 0 aliphatic carbocycles. The SMILES string of the molecule is C=CCOc1ccc(C=C2SC(=NC(=O)c3ccc(C)cc3)C(C(=O)OCC)=C2O)cc1OC. The maximum absolute atomic E-state index is 12.7. The highest BCUT2D eigenvalue weighted by Crippen LogP contribution is 2.40. The molecule has 1 aliphatic rings. The first-order chi connectivity index (χ1) is 16.4. The van der Waals surface area contributed by atoms with Crippen molar-refractivity contribution in [3.63, 3.8) is 0 Å². The van der Waals surface area contributed by atoms with Gasteiger partial charge in [0, 0.05) is 5.56 Å². The van der Waals surface area contributed by atoms with Gasteiger partial charge in [-0.25, -0.2) is 9.79 Å². The summed E-state index contributed by atoms with van der Waals surface area (Å²) >= 11 is 1.01. The molecule has 3 rings (SSSR count). The molecule has 7 nitrogen and oxygen atoms in total. The van der Waals surface area contributed by atoms with Crippen molar-refractivity contribution in [3.05, 3.63) is 88.0 Å². The molecular formula is C26H25NO6S. The minimum absolute atomic E-state index is 0.0747. The fraction of sp³-hybridized carbons (Fsp3) is 0.192. The van der Waals surface area contributed by atoms with Crippen molar-refractivity contribution in [1.82, 2.24) is 0 Å². The minimum atomic E-state index is -0.753. The van der Waals surface area contributed by atoms with Gasteiger partial charge in [-0.2, -0.15) is 0 Å². The average Bonchev–Trinajstić information content (AvgIpc) is 3.12. The Balaban J connectivity index is 1.98. The predicted octanol–water partition coefficient (Wildman–Crippen LogP) is 5.27. The van der Waals surface area contributed by atoms with Crippen molar-refractivity contribution in [2.75, 3.05) is 20.3 Å². The monoisotopic (exact) mass is 479 g/mol. The second-order valence-corrected chi connectivity index (χ2v) is 8.18. The molecule has 0 unspecified atom stereocenters.